The largest absolute Gasteiger partial charge is 0.342 e. The smallest absolute Gasteiger partial charge is 0.229 e. The van der Waals surface area contributed by atoms with Gasteiger partial charge in [-0.25, -0.2) is 4.63 Å². The molecule has 2 aromatic heterocycles. The lowest BCUT2D eigenvalue weighted by molar-refractivity contribution is -0.131. The van der Waals surface area contributed by atoms with Crippen molar-refractivity contribution in [3.63, 3.8) is 0 Å². The van der Waals surface area contributed by atoms with Gasteiger partial charge in [0, 0.05) is 24.9 Å². The average molecular weight is 387 g/mol. The van der Waals surface area contributed by atoms with E-state index in [-0.39, 0.29) is 18.2 Å². The van der Waals surface area contributed by atoms with E-state index in [0.717, 1.165) is 37.4 Å². The Morgan fingerprint density at radius 1 is 1.04 bits per heavy atom. The monoisotopic (exact) mass is 387 g/mol. The molecular formula is C20H29N5O3. The molecule has 1 unspecified atom stereocenters. The molecule has 1 saturated heterocycles. The number of likely N-dealkylation sites (tertiary alicyclic amines) is 1. The highest BCUT2D eigenvalue weighted by Crippen LogP contribution is 2.38. The van der Waals surface area contributed by atoms with Crippen molar-refractivity contribution in [3.8, 4) is 0 Å². The molecule has 3 atom stereocenters. The number of carbonyl (C=O) groups excluding carboxylic acids is 1. The first-order valence-corrected chi connectivity index (χ1v) is 10.4. The van der Waals surface area contributed by atoms with Crippen LogP contribution in [-0.4, -0.2) is 44.4 Å². The Hall–Kier alpha value is -2.25. The Balaban J connectivity index is 1.32. The van der Waals surface area contributed by atoms with Crippen molar-refractivity contribution in [2.75, 3.05) is 13.1 Å². The maximum Gasteiger partial charge on any atom is 0.229 e. The number of nitrogens with zero attached hydrogens (tertiary/aromatic N) is 5. The Labute approximate surface area is 165 Å². The second kappa shape index (κ2) is 8.01. The van der Waals surface area contributed by atoms with Crippen LogP contribution in [0.25, 0.3) is 0 Å². The molecule has 2 fully saturated rings. The van der Waals surface area contributed by atoms with Gasteiger partial charge in [0.2, 0.25) is 11.8 Å². The predicted octanol–water partition coefficient (Wildman–Crippen LogP) is 3.25. The lowest BCUT2D eigenvalue weighted by Crippen LogP contribution is -2.39. The lowest BCUT2D eigenvalue weighted by atomic mass is 9.76. The van der Waals surface area contributed by atoms with E-state index in [2.05, 4.69) is 33.9 Å². The first kappa shape index (κ1) is 19.1. The number of amides is 1. The molecule has 3 heterocycles. The zero-order valence-electron chi connectivity index (χ0n) is 16.9. The topological polar surface area (TPSA) is 98.2 Å². The molecule has 1 saturated carbocycles. The van der Waals surface area contributed by atoms with Crippen molar-refractivity contribution in [1.29, 1.82) is 0 Å². The van der Waals surface area contributed by atoms with Gasteiger partial charge in [0.05, 0.1) is 6.42 Å². The van der Waals surface area contributed by atoms with Crippen LogP contribution in [0.2, 0.25) is 0 Å². The van der Waals surface area contributed by atoms with Crippen LogP contribution >= 0.6 is 0 Å². The Kier molecular flexibility index (Phi) is 5.46. The molecule has 1 aliphatic heterocycles. The maximum atomic E-state index is 12.5. The Morgan fingerprint density at radius 2 is 1.75 bits per heavy atom. The zero-order chi connectivity index (χ0) is 19.7. The van der Waals surface area contributed by atoms with Crippen LogP contribution in [0.3, 0.4) is 0 Å². The third-order valence-electron chi connectivity index (χ3n) is 6.26. The molecular weight excluding hydrogens is 358 g/mol. The highest BCUT2D eigenvalue weighted by molar-refractivity contribution is 5.78. The van der Waals surface area contributed by atoms with Gasteiger partial charge >= 0.3 is 0 Å². The fourth-order valence-corrected chi connectivity index (χ4v) is 4.78. The van der Waals surface area contributed by atoms with Gasteiger partial charge in [0.25, 0.3) is 0 Å². The second-order valence-corrected chi connectivity index (χ2v) is 8.73. The van der Waals surface area contributed by atoms with Crippen molar-refractivity contribution in [2.24, 2.45) is 11.8 Å². The Bertz CT molecular complexity index is 798. The normalized spacial score (nSPS) is 26.5. The third kappa shape index (κ3) is 4.10. The molecule has 2 aromatic rings. The van der Waals surface area contributed by atoms with E-state index in [1.807, 2.05) is 4.90 Å². The maximum absolute atomic E-state index is 12.5. The van der Waals surface area contributed by atoms with E-state index in [1.54, 1.807) is 6.92 Å². The molecule has 8 heteroatoms. The summed E-state index contributed by atoms with van der Waals surface area (Å²) in [5.41, 5.74) is 1.29. The van der Waals surface area contributed by atoms with Gasteiger partial charge in [0.15, 0.2) is 5.82 Å². The SMILES string of the molecule is Cc1nonc1CC(=O)N1CCC(c2nc(C3C[C@@H](C)C[C@@H](C)C3)no2)CC1. The number of hydrogen-bond donors (Lipinski definition) is 0. The summed E-state index contributed by atoms with van der Waals surface area (Å²) in [4.78, 5) is 19.1. The van der Waals surface area contributed by atoms with E-state index in [1.165, 1.54) is 6.42 Å². The zero-order valence-corrected chi connectivity index (χ0v) is 16.9. The number of carbonyl (C=O) groups is 1. The summed E-state index contributed by atoms with van der Waals surface area (Å²) in [6.07, 6.45) is 5.52. The fraction of sp³-hybridized carbons (Fsp3) is 0.750. The van der Waals surface area contributed by atoms with Crippen LogP contribution < -0.4 is 0 Å². The minimum atomic E-state index is 0.0636. The summed E-state index contributed by atoms with van der Waals surface area (Å²) in [5.74, 6) is 3.76. The summed E-state index contributed by atoms with van der Waals surface area (Å²) in [6, 6.07) is 0. The molecule has 2 aliphatic rings. The molecule has 0 radical (unpaired) electrons. The fourth-order valence-electron chi connectivity index (χ4n) is 4.78. The van der Waals surface area contributed by atoms with E-state index < -0.39 is 0 Å². The van der Waals surface area contributed by atoms with Gasteiger partial charge in [-0.1, -0.05) is 29.3 Å². The molecule has 152 valence electrons. The first-order valence-electron chi connectivity index (χ1n) is 10.4. The van der Waals surface area contributed by atoms with Crippen molar-refractivity contribution < 1.29 is 13.9 Å². The van der Waals surface area contributed by atoms with Crippen molar-refractivity contribution in [3.05, 3.63) is 23.1 Å². The molecule has 1 aliphatic carbocycles. The third-order valence-corrected chi connectivity index (χ3v) is 6.26. The van der Waals surface area contributed by atoms with Crippen LogP contribution in [0.15, 0.2) is 9.15 Å². The van der Waals surface area contributed by atoms with Crippen molar-refractivity contribution in [2.45, 2.75) is 71.1 Å². The predicted molar refractivity (Wildman–Crippen MR) is 101 cm³/mol. The number of aromatic nitrogens is 4. The van der Waals surface area contributed by atoms with E-state index >= 15 is 0 Å². The number of aryl methyl sites for hydroxylation is 1. The van der Waals surface area contributed by atoms with Crippen molar-refractivity contribution in [1.82, 2.24) is 25.4 Å². The van der Waals surface area contributed by atoms with Gasteiger partial charge in [-0.3, -0.25) is 4.79 Å². The van der Waals surface area contributed by atoms with Gasteiger partial charge < -0.3 is 9.42 Å². The molecule has 0 spiro atoms. The van der Waals surface area contributed by atoms with Crippen LogP contribution in [0.4, 0.5) is 0 Å². The Morgan fingerprint density at radius 3 is 2.39 bits per heavy atom. The lowest BCUT2D eigenvalue weighted by Gasteiger charge is -2.30. The first-order chi connectivity index (χ1) is 13.5. The quantitative estimate of drug-likeness (QED) is 0.794. The molecule has 28 heavy (non-hydrogen) atoms. The minimum absolute atomic E-state index is 0.0636. The number of hydrogen-bond acceptors (Lipinski definition) is 7. The molecule has 1 amide bonds. The van der Waals surface area contributed by atoms with Gasteiger partial charge in [-0.15, -0.1) is 0 Å². The van der Waals surface area contributed by atoms with Crippen LogP contribution in [0.5, 0.6) is 0 Å². The van der Waals surface area contributed by atoms with Crippen LogP contribution in [0.1, 0.15) is 80.9 Å². The number of piperidine rings is 1. The van der Waals surface area contributed by atoms with Gasteiger partial charge in [0.1, 0.15) is 11.4 Å². The molecule has 4 rings (SSSR count). The summed E-state index contributed by atoms with van der Waals surface area (Å²) in [5, 5.41) is 11.8. The molecule has 0 bridgehead atoms. The van der Waals surface area contributed by atoms with Gasteiger partial charge in [-0.2, -0.15) is 4.98 Å². The minimum Gasteiger partial charge on any atom is -0.342 e. The van der Waals surface area contributed by atoms with E-state index in [0.29, 0.717) is 42.2 Å². The summed E-state index contributed by atoms with van der Waals surface area (Å²) in [7, 11) is 0. The molecule has 8 nitrogen and oxygen atoms in total. The summed E-state index contributed by atoms with van der Waals surface area (Å²) < 4.78 is 10.3. The van der Waals surface area contributed by atoms with Crippen LogP contribution in [-0.2, 0) is 11.2 Å². The highest BCUT2D eigenvalue weighted by Gasteiger charge is 2.31. The molecule has 0 N–H and O–H groups in total. The summed E-state index contributed by atoms with van der Waals surface area (Å²) >= 11 is 0. The second-order valence-electron chi connectivity index (χ2n) is 8.73. The molecule has 0 aromatic carbocycles. The highest BCUT2D eigenvalue weighted by atomic mass is 16.6. The summed E-state index contributed by atoms with van der Waals surface area (Å²) in [6.45, 7) is 7.82. The number of rotatable bonds is 4. The van der Waals surface area contributed by atoms with Gasteiger partial charge in [-0.05, 0) is 50.9 Å². The standard InChI is InChI=1S/C20H29N5O3/c1-12-8-13(2)10-16(9-12)19-21-20(27-24-19)15-4-6-25(7-5-15)18(26)11-17-14(3)22-28-23-17/h12-13,15-16H,4-11H2,1-3H3/t12-,13+,16?. The van der Waals surface area contributed by atoms with Crippen LogP contribution in [0, 0.1) is 18.8 Å². The van der Waals surface area contributed by atoms with E-state index in [9.17, 15) is 4.79 Å². The average Bonchev–Trinajstić information content (AvgIpc) is 3.31. The van der Waals surface area contributed by atoms with Crippen molar-refractivity contribution >= 4 is 5.91 Å². The van der Waals surface area contributed by atoms with E-state index in [4.69, 9.17) is 9.51 Å².